The van der Waals surface area contributed by atoms with Gasteiger partial charge >= 0.3 is 24.1 Å². The number of rotatable bonds is 9. The first-order valence-corrected chi connectivity index (χ1v) is 18.2. The molecule has 0 fully saturated rings. The van der Waals surface area contributed by atoms with Crippen LogP contribution in [-0.2, 0) is 25.4 Å². The van der Waals surface area contributed by atoms with Gasteiger partial charge in [0.2, 0.25) is 0 Å². The molecule has 0 radical (unpaired) electrons. The predicted molar refractivity (Wildman–Crippen MR) is 215 cm³/mol. The highest BCUT2D eigenvalue weighted by molar-refractivity contribution is 6.36. The topological polar surface area (TPSA) is 125 Å². The average Bonchev–Trinajstić information content (AvgIpc) is 3.17. The predicted octanol–water partition coefficient (Wildman–Crippen LogP) is 11.9. The molecule has 6 rings (SSSR count). The van der Waals surface area contributed by atoms with Crippen LogP contribution in [0, 0.1) is 13.8 Å². The van der Waals surface area contributed by atoms with Gasteiger partial charge in [0, 0.05) is 34.1 Å². The SMILES string of the molecule is Cc1c(Cl)cccc1Cc1ccccc1C(=O)O.Cc1ccc(Cl)c(Cc2ccccc2C(=O)O)c1Cl.O=C(O)c1cccnc1Cc1cccc(C(F)(F)F)c1. The number of carboxylic acid groups (broad SMARTS) is 3. The summed E-state index contributed by atoms with van der Waals surface area (Å²) in [6, 6.07) is 30.8. The largest absolute Gasteiger partial charge is 0.478 e. The molecule has 0 unspecified atom stereocenters. The van der Waals surface area contributed by atoms with E-state index < -0.39 is 29.6 Å². The smallest absolute Gasteiger partial charge is 0.416 e. The van der Waals surface area contributed by atoms with Crippen molar-refractivity contribution in [3.05, 3.63) is 203 Å². The number of carbonyl (C=O) groups is 3. The van der Waals surface area contributed by atoms with Gasteiger partial charge in [0.25, 0.3) is 0 Å². The van der Waals surface area contributed by atoms with E-state index in [2.05, 4.69) is 4.98 Å². The minimum absolute atomic E-state index is 0.00934. The molecule has 0 spiro atoms. The fraction of sp³-hybridized carbons (Fsp3) is 0.136. The zero-order valence-corrected chi connectivity index (χ0v) is 32.7. The van der Waals surface area contributed by atoms with Gasteiger partial charge in [0.05, 0.1) is 27.9 Å². The monoisotopic (exact) mass is 835 g/mol. The van der Waals surface area contributed by atoms with E-state index in [0.29, 0.717) is 44.6 Å². The van der Waals surface area contributed by atoms with Crippen molar-refractivity contribution in [1.29, 1.82) is 0 Å². The van der Waals surface area contributed by atoms with Crippen molar-refractivity contribution in [2.24, 2.45) is 0 Å². The van der Waals surface area contributed by atoms with Crippen LogP contribution in [0.25, 0.3) is 0 Å². The Kier molecular flexibility index (Phi) is 15.4. The molecule has 0 atom stereocenters. The van der Waals surface area contributed by atoms with E-state index in [9.17, 15) is 32.7 Å². The van der Waals surface area contributed by atoms with Crippen molar-refractivity contribution >= 4 is 52.7 Å². The summed E-state index contributed by atoms with van der Waals surface area (Å²) in [7, 11) is 0. The van der Waals surface area contributed by atoms with Crippen molar-refractivity contribution in [1.82, 2.24) is 4.98 Å². The molecule has 0 amide bonds. The molecular weight excluding hydrogens is 802 g/mol. The van der Waals surface area contributed by atoms with Crippen molar-refractivity contribution in [2.75, 3.05) is 0 Å². The first kappa shape index (κ1) is 44.0. The Labute approximate surface area is 342 Å². The van der Waals surface area contributed by atoms with Crippen LogP contribution in [0.2, 0.25) is 15.1 Å². The summed E-state index contributed by atoms with van der Waals surface area (Å²) in [5, 5.41) is 29.2. The standard InChI is InChI=1S/C15H12Cl2O2.C15H13ClO2.C14H10F3NO2/c1-9-6-7-13(16)12(14(9)17)8-10-4-2-3-5-11(10)15(18)19;1-10-11(6-4-8-14(10)16)9-12-5-2-3-7-13(12)15(17)18;15-14(16,17)10-4-1-3-9(7-10)8-12-11(13(19)20)5-2-6-18-12/h2-7H,8H2,1H3,(H,18,19);2-8H,9H2,1H3,(H,17,18);1-7H,8H2,(H,19,20). The molecule has 0 aliphatic rings. The second kappa shape index (κ2) is 20.0. The molecule has 7 nitrogen and oxygen atoms in total. The molecule has 3 N–H and O–H groups in total. The highest BCUT2D eigenvalue weighted by atomic mass is 35.5. The number of aryl methyl sites for hydroxylation is 1. The summed E-state index contributed by atoms with van der Waals surface area (Å²) < 4.78 is 37.8. The summed E-state index contributed by atoms with van der Waals surface area (Å²) in [4.78, 5) is 37.3. The molecule has 5 aromatic carbocycles. The van der Waals surface area contributed by atoms with Crippen LogP contribution in [0.1, 0.15) is 81.3 Å². The lowest BCUT2D eigenvalue weighted by atomic mass is 9.97. The number of benzene rings is 5. The van der Waals surface area contributed by atoms with Gasteiger partial charge in [-0.25, -0.2) is 14.4 Å². The summed E-state index contributed by atoms with van der Waals surface area (Å²) in [6.45, 7) is 3.84. The number of hydrogen-bond donors (Lipinski definition) is 3. The average molecular weight is 837 g/mol. The van der Waals surface area contributed by atoms with Crippen LogP contribution in [0.15, 0.2) is 121 Å². The summed E-state index contributed by atoms with van der Waals surface area (Å²) >= 11 is 18.5. The van der Waals surface area contributed by atoms with Gasteiger partial charge in [-0.1, -0.05) is 108 Å². The molecule has 0 aliphatic heterocycles. The van der Waals surface area contributed by atoms with Gasteiger partial charge in [0.15, 0.2) is 0 Å². The molecule has 0 bridgehead atoms. The molecule has 1 aromatic heterocycles. The molecule has 13 heteroatoms. The number of alkyl halides is 3. The minimum atomic E-state index is -4.42. The quantitative estimate of drug-likeness (QED) is 0.132. The Bertz CT molecular complexity index is 2400. The maximum absolute atomic E-state index is 12.6. The van der Waals surface area contributed by atoms with Gasteiger partial charge in [-0.15, -0.1) is 0 Å². The first-order valence-electron chi connectivity index (χ1n) is 17.1. The zero-order valence-electron chi connectivity index (χ0n) is 30.4. The fourth-order valence-electron chi connectivity index (χ4n) is 5.71. The Balaban J connectivity index is 0.000000190. The van der Waals surface area contributed by atoms with Crippen molar-refractivity contribution in [3.63, 3.8) is 0 Å². The second-order valence-corrected chi connectivity index (χ2v) is 13.8. The van der Waals surface area contributed by atoms with Gasteiger partial charge in [-0.2, -0.15) is 13.2 Å². The molecule has 294 valence electrons. The summed E-state index contributed by atoms with van der Waals surface area (Å²) in [6.07, 6.45) is -1.99. The summed E-state index contributed by atoms with van der Waals surface area (Å²) in [5.74, 6) is -3.00. The van der Waals surface area contributed by atoms with E-state index in [1.807, 2.05) is 50.2 Å². The van der Waals surface area contributed by atoms with E-state index in [-0.39, 0.29) is 23.2 Å². The van der Waals surface area contributed by atoms with Crippen molar-refractivity contribution < 1.29 is 42.9 Å². The third-order valence-electron chi connectivity index (χ3n) is 8.75. The van der Waals surface area contributed by atoms with Crippen molar-refractivity contribution in [2.45, 2.75) is 39.3 Å². The van der Waals surface area contributed by atoms with E-state index in [4.69, 9.17) is 45.0 Å². The molecular formula is C44H35Cl3F3NO6. The fourth-order valence-corrected chi connectivity index (χ4v) is 6.41. The number of aromatic nitrogens is 1. The van der Waals surface area contributed by atoms with Gasteiger partial charge < -0.3 is 15.3 Å². The highest BCUT2D eigenvalue weighted by Crippen LogP contribution is 2.32. The van der Waals surface area contributed by atoms with Crippen LogP contribution >= 0.6 is 34.8 Å². The van der Waals surface area contributed by atoms with Crippen LogP contribution < -0.4 is 0 Å². The lowest BCUT2D eigenvalue weighted by molar-refractivity contribution is -0.137. The number of halogens is 6. The number of aromatic carboxylic acids is 3. The van der Waals surface area contributed by atoms with Gasteiger partial charge in [-0.3, -0.25) is 4.98 Å². The van der Waals surface area contributed by atoms with Gasteiger partial charge in [0.1, 0.15) is 0 Å². The van der Waals surface area contributed by atoms with E-state index in [1.54, 1.807) is 42.5 Å². The van der Waals surface area contributed by atoms with Gasteiger partial charge in [-0.05, 0) is 102 Å². The Morgan fingerprint density at radius 2 is 1.14 bits per heavy atom. The molecule has 0 aliphatic carbocycles. The van der Waals surface area contributed by atoms with Crippen LogP contribution in [-0.4, -0.2) is 38.2 Å². The lowest BCUT2D eigenvalue weighted by Gasteiger charge is -2.11. The van der Waals surface area contributed by atoms with Crippen LogP contribution in [0.5, 0.6) is 0 Å². The third-order valence-corrected chi connectivity index (χ3v) is 10.0. The molecule has 0 saturated heterocycles. The number of pyridine rings is 1. The first-order chi connectivity index (χ1) is 27.0. The van der Waals surface area contributed by atoms with Crippen LogP contribution in [0.3, 0.4) is 0 Å². The zero-order chi connectivity index (χ0) is 41.9. The highest BCUT2D eigenvalue weighted by Gasteiger charge is 2.30. The second-order valence-electron chi connectivity index (χ2n) is 12.6. The number of hydrogen-bond acceptors (Lipinski definition) is 4. The number of nitrogens with zero attached hydrogens (tertiary/aromatic N) is 1. The number of carboxylic acids is 3. The maximum atomic E-state index is 12.6. The van der Waals surface area contributed by atoms with E-state index in [0.717, 1.165) is 39.9 Å². The van der Waals surface area contributed by atoms with Crippen molar-refractivity contribution in [3.8, 4) is 0 Å². The summed E-state index contributed by atoms with van der Waals surface area (Å²) in [5.41, 5.74) is 5.68. The lowest BCUT2D eigenvalue weighted by Crippen LogP contribution is -2.07. The van der Waals surface area contributed by atoms with Crippen LogP contribution in [0.4, 0.5) is 13.2 Å². The minimum Gasteiger partial charge on any atom is -0.478 e. The van der Waals surface area contributed by atoms with E-state index in [1.165, 1.54) is 30.5 Å². The normalized spacial score (nSPS) is 10.7. The Hall–Kier alpha value is -5.68. The van der Waals surface area contributed by atoms with E-state index >= 15 is 0 Å². The maximum Gasteiger partial charge on any atom is 0.416 e. The molecule has 57 heavy (non-hydrogen) atoms. The Morgan fingerprint density at radius 3 is 1.74 bits per heavy atom. The molecule has 6 aromatic rings. The Morgan fingerprint density at radius 1 is 0.596 bits per heavy atom. The third kappa shape index (κ3) is 12.2. The molecule has 1 heterocycles. The molecule has 0 saturated carbocycles.